The van der Waals surface area contributed by atoms with Crippen molar-refractivity contribution in [2.24, 2.45) is 0 Å². The third-order valence-electron chi connectivity index (χ3n) is 4.23. The minimum atomic E-state index is -2.09. The third kappa shape index (κ3) is 3.41. The van der Waals surface area contributed by atoms with Gasteiger partial charge in [-0.2, -0.15) is 0 Å². The number of carboxylic acid groups (broad SMARTS) is 1. The van der Waals surface area contributed by atoms with E-state index in [1.54, 1.807) is 32.9 Å². The fourth-order valence-corrected chi connectivity index (χ4v) is 2.72. The number of carbonyl (C=O) groups is 2. The van der Waals surface area contributed by atoms with Crippen LogP contribution in [-0.2, 0) is 4.79 Å². The van der Waals surface area contributed by atoms with E-state index in [2.05, 4.69) is 15.5 Å². The van der Waals surface area contributed by atoms with Gasteiger partial charge in [0, 0.05) is 5.56 Å². The van der Waals surface area contributed by atoms with Crippen LogP contribution in [0, 0.1) is 20.8 Å². The number of aromatic nitrogens is 2. The van der Waals surface area contributed by atoms with Crippen LogP contribution in [0.3, 0.4) is 0 Å². The van der Waals surface area contributed by atoms with E-state index in [0.717, 1.165) is 6.92 Å². The summed E-state index contributed by atoms with van der Waals surface area (Å²) in [5.74, 6) is -0.680. The molecule has 3 aromatic heterocycles. The van der Waals surface area contributed by atoms with Gasteiger partial charge in [0.15, 0.2) is 5.60 Å². The van der Waals surface area contributed by atoms with Gasteiger partial charge in [-0.1, -0.05) is 5.16 Å². The molecule has 27 heavy (non-hydrogen) atoms. The molecule has 1 amide bonds. The van der Waals surface area contributed by atoms with E-state index in [1.807, 2.05) is 0 Å². The number of hydrogen-bond acceptors (Lipinski definition) is 7. The van der Waals surface area contributed by atoms with Crippen molar-refractivity contribution in [3.8, 4) is 11.3 Å². The summed E-state index contributed by atoms with van der Waals surface area (Å²) in [6.07, 6.45) is 0. The second-order valence-electron chi connectivity index (χ2n) is 6.59. The van der Waals surface area contributed by atoms with Crippen LogP contribution in [0.5, 0.6) is 0 Å². The Morgan fingerprint density at radius 2 is 1.96 bits per heavy atom. The van der Waals surface area contributed by atoms with Gasteiger partial charge in [-0.3, -0.25) is 4.79 Å². The molecule has 0 radical (unpaired) electrons. The summed E-state index contributed by atoms with van der Waals surface area (Å²) in [5.41, 5.74) is -0.0592. The molecule has 3 rings (SSSR count). The molecule has 0 saturated heterocycles. The molecule has 0 aromatic carbocycles. The highest BCUT2D eigenvalue weighted by Gasteiger charge is 2.31. The zero-order chi connectivity index (χ0) is 19.9. The van der Waals surface area contributed by atoms with Gasteiger partial charge in [0.25, 0.3) is 11.6 Å². The SMILES string of the molecule is Cc1cc(-c2cc(C(=O)NCC(C)(O)C(=O)O)c3c(C)noc3n2)c(C)o1. The molecule has 0 spiro atoms. The molecule has 0 fully saturated rings. The molecule has 9 nitrogen and oxygen atoms in total. The monoisotopic (exact) mass is 373 g/mol. The molecule has 0 bridgehead atoms. The molecule has 1 atom stereocenters. The summed E-state index contributed by atoms with van der Waals surface area (Å²) >= 11 is 0. The van der Waals surface area contributed by atoms with Gasteiger partial charge >= 0.3 is 5.97 Å². The van der Waals surface area contributed by atoms with Crippen molar-refractivity contribution >= 4 is 23.0 Å². The lowest BCUT2D eigenvalue weighted by Gasteiger charge is -2.18. The highest BCUT2D eigenvalue weighted by Crippen LogP contribution is 2.30. The zero-order valence-corrected chi connectivity index (χ0v) is 15.3. The normalized spacial score (nSPS) is 13.5. The van der Waals surface area contributed by atoms with Crippen LogP contribution < -0.4 is 5.32 Å². The van der Waals surface area contributed by atoms with E-state index in [9.17, 15) is 14.7 Å². The van der Waals surface area contributed by atoms with Crippen LogP contribution >= 0.6 is 0 Å². The van der Waals surface area contributed by atoms with Gasteiger partial charge in [0.1, 0.15) is 11.5 Å². The van der Waals surface area contributed by atoms with Crippen molar-refractivity contribution in [1.82, 2.24) is 15.5 Å². The quantitative estimate of drug-likeness (QED) is 0.617. The Morgan fingerprint density at radius 3 is 2.56 bits per heavy atom. The number of aliphatic carboxylic acids is 1. The lowest BCUT2D eigenvalue weighted by atomic mass is 10.0. The number of aliphatic hydroxyl groups is 1. The first-order valence-corrected chi connectivity index (χ1v) is 8.18. The number of amides is 1. The summed E-state index contributed by atoms with van der Waals surface area (Å²) < 4.78 is 10.7. The van der Waals surface area contributed by atoms with Gasteiger partial charge in [0.05, 0.1) is 28.9 Å². The van der Waals surface area contributed by atoms with Gasteiger partial charge in [0.2, 0.25) is 0 Å². The van der Waals surface area contributed by atoms with Crippen molar-refractivity contribution in [2.75, 3.05) is 6.54 Å². The van der Waals surface area contributed by atoms with Crippen LogP contribution in [-0.4, -0.2) is 44.4 Å². The number of furan rings is 1. The molecule has 0 aliphatic rings. The van der Waals surface area contributed by atoms with Crippen LogP contribution in [0.25, 0.3) is 22.4 Å². The molecule has 3 N–H and O–H groups in total. The smallest absolute Gasteiger partial charge is 0.337 e. The van der Waals surface area contributed by atoms with E-state index in [0.29, 0.717) is 33.9 Å². The summed E-state index contributed by atoms with van der Waals surface area (Å²) in [6, 6.07) is 3.36. The average Bonchev–Trinajstić information content (AvgIpc) is 3.13. The summed E-state index contributed by atoms with van der Waals surface area (Å²) in [5, 5.41) is 25.5. The van der Waals surface area contributed by atoms with Crippen molar-refractivity contribution in [1.29, 1.82) is 0 Å². The first-order chi connectivity index (χ1) is 12.6. The van der Waals surface area contributed by atoms with Gasteiger partial charge in [-0.15, -0.1) is 0 Å². The molecule has 1 unspecified atom stereocenters. The van der Waals surface area contributed by atoms with Gasteiger partial charge in [-0.05, 0) is 39.8 Å². The number of carbonyl (C=O) groups excluding carboxylic acids is 1. The molecular formula is C18H19N3O6. The lowest BCUT2D eigenvalue weighted by molar-refractivity contribution is -0.155. The number of rotatable bonds is 5. The number of pyridine rings is 1. The topological polar surface area (TPSA) is 139 Å². The van der Waals surface area contributed by atoms with E-state index in [-0.39, 0.29) is 11.3 Å². The van der Waals surface area contributed by atoms with Crippen LogP contribution in [0.4, 0.5) is 0 Å². The number of aryl methyl sites for hydroxylation is 3. The third-order valence-corrected chi connectivity index (χ3v) is 4.23. The number of fused-ring (bicyclic) bond motifs is 1. The molecule has 142 valence electrons. The summed E-state index contributed by atoms with van der Waals surface area (Å²) in [7, 11) is 0. The fourth-order valence-electron chi connectivity index (χ4n) is 2.72. The van der Waals surface area contributed by atoms with Crippen LogP contribution in [0.15, 0.2) is 21.1 Å². The van der Waals surface area contributed by atoms with Crippen LogP contribution in [0.2, 0.25) is 0 Å². The molecule has 0 aliphatic carbocycles. The number of nitrogens with zero attached hydrogens (tertiary/aromatic N) is 2. The van der Waals surface area contributed by atoms with Gasteiger partial charge < -0.3 is 24.5 Å². The van der Waals surface area contributed by atoms with Crippen molar-refractivity contribution < 1.29 is 28.7 Å². The van der Waals surface area contributed by atoms with E-state index < -0.39 is 24.0 Å². The predicted molar refractivity (Wildman–Crippen MR) is 94.3 cm³/mol. The largest absolute Gasteiger partial charge is 0.479 e. The molecular weight excluding hydrogens is 354 g/mol. The number of carboxylic acids is 1. The Bertz CT molecular complexity index is 1050. The molecule has 0 aliphatic heterocycles. The molecule has 9 heteroatoms. The average molecular weight is 373 g/mol. The van der Waals surface area contributed by atoms with E-state index in [1.165, 1.54) is 0 Å². The maximum absolute atomic E-state index is 12.7. The summed E-state index contributed by atoms with van der Waals surface area (Å²) in [6.45, 7) is 5.89. The highest BCUT2D eigenvalue weighted by molar-refractivity contribution is 6.07. The predicted octanol–water partition coefficient (Wildman–Crippen LogP) is 1.97. The number of hydrogen-bond donors (Lipinski definition) is 3. The summed E-state index contributed by atoms with van der Waals surface area (Å²) in [4.78, 5) is 28.2. The molecule has 3 aromatic rings. The maximum Gasteiger partial charge on any atom is 0.337 e. The van der Waals surface area contributed by atoms with Crippen LogP contribution in [0.1, 0.15) is 34.5 Å². The Morgan fingerprint density at radius 1 is 1.26 bits per heavy atom. The van der Waals surface area contributed by atoms with E-state index in [4.69, 9.17) is 14.0 Å². The Labute approximate surface area is 154 Å². The highest BCUT2D eigenvalue weighted by atomic mass is 16.5. The second kappa shape index (κ2) is 6.51. The molecule has 3 heterocycles. The minimum Gasteiger partial charge on any atom is -0.479 e. The van der Waals surface area contributed by atoms with E-state index >= 15 is 0 Å². The Hall–Kier alpha value is -3.20. The number of nitrogens with one attached hydrogen (secondary N) is 1. The van der Waals surface area contributed by atoms with Crippen molar-refractivity contribution in [3.63, 3.8) is 0 Å². The minimum absolute atomic E-state index is 0.179. The second-order valence-corrected chi connectivity index (χ2v) is 6.59. The van der Waals surface area contributed by atoms with Crippen molar-refractivity contribution in [3.05, 3.63) is 34.9 Å². The lowest BCUT2D eigenvalue weighted by Crippen LogP contribution is -2.46. The van der Waals surface area contributed by atoms with Crippen molar-refractivity contribution in [2.45, 2.75) is 33.3 Å². The molecule has 0 saturated carbocycles. The van der Waals surface area contributed by atoms with Gasteiger partial charge in [-0.25, -0.2) is 9.78 Å². The Kier molecular flexibility index (Phi) is 4.48. The maximum atomic E-state index is 12.7. The Balaban J connectivity index is 2.05. The zero-order valence-electron chi connectivity index (χ0n) is 15.3. The fraction of sp³-hybridized carbons (Fsp3) is 0.333. The standard InChI is InChI=1S/C18H19N3O6/c1-8-5-11(10(3)26-8)13-6-12(14-9(2)21-27-16(14)20-13)15(22)19-7-18(4,25)17(23)24/h5-6,25H,7H2,1-4H3,(H,19,22)(H,23,24). The first kappa shape index (κ1) is 18.6. The first-order valence-electron chi connectivity index (χ1n) is 8.18.